The minimum Gasteiger partial charge on any atom is -0.324 e. The van der Waals surface area contributed by atoms with Crippen molar-refractivity contribution in [3.8, 4) is 0 Å². The highest BCUT2D eigenvalue weighted by Gasteiger charge is 2.27. The van der Waals surface area contributed by atoms with E-state index in [2.05, 4.69) is 5.32 Å². The largest absolute Gasteiger partial charge is 0.324 e. The van der Waals surface area contributed by atoms with Crippen LogP contribution in [0.15, 0.2) is 71.6 Å². The van der Waals surface area contributed by atoms with Gasteiger partial charge in [0.25, 0.3) is 10.0 Å². The molecule has 0 heterocycles. The van der Waals surface area contributed by atoms with Crippen molar-refractivity contribution in [3.63, 3.8) is 0 Å². The second kappa shape index (κ2) is 8.81. The number of hydrogen-bond donors (Lipinski definition) is 1. The summed E-state index contributed by atoms with van der Waals surface area (Å²) in [6, 6.07) is 15.1. The molecule has 0 aromatic heterocycles. The summed E-state index contributed by atoms with van der Waals surface area (Å²) in [5.74, 6) is -2.91. The number of hydrogen-bond acceptors (Lipinski definition) is 3. The average molecular weight is 451 g/mol. The van der Waals surface area contributed by atoms with Crippen molar-refractivity contribution in [3.05, 3.63) is 89.0 Å². The lowest BCUT2D eigenvalue weighted by Gasteiger charge is -2.24. The summed E-state index contributed by atoms with van der Waals surface area (Å²) in [6.45, 7) is 1.21. The molecule has 0 aliphatic carbocycles. The van der Waals surface area contributed by atoms with Crippen LogP contribution >= 0.6 is 11.6 Å². The molecule has 0 radical (unpaired) electrons. The predicted molar refractivity (Wildman–Crippen MR) is 112 cm³/mol. The van der Waals surface area contributed by atoms with Crippen LogP contribution in [0.1, 0.15) is 5.56 Å². The summed E-state index contributed by atoms with van der Waals surface area (Å²) < 4.78 is 53.9. The highest BCUT2D eigenvalue weighted by molar-refractivity contribution is 7.92. The van der Waals surface area contributed by atoms with Gasteiger partial charge in [0.15, 0.2) is 11.6 Å². The number of rotatable bonds is 6. The fourth-order valence-corrected chi connectivity index (χ4v) is 4.28. The second-order valence-corrected chi connectivity index (χ2v) is 8.78. The van der Waals surface area contributed by atoms with Crippen LogP contribution in [0, 0.1) is 18.6 Å². The van der Waals surface area contributed by atoms with Crippen LogP contribution in [0.25, 0.3) is 0 Å². The Morgan fingerprint density at radius 2 is 1.70 bits per heavy atom. The number of halogens is 3. The van der Waals surface area contributed by atoms with Gasteiger partial charge in [-0.1, -0.05) is 23.7 Å². The van der Waals surface area contributed by atoms with Crippen molar-refractivity contribution in [1.29, 1.82) is 0 Å². The Hall–Kier alpha value is -2.97. The molecule has 9 heteroatoms. The van der Waals surface area contributed by atoms with Crippen LogP contribution in [-0.4, -0.2) is 20.9 Å². The minimum absolute atomic E-state index is 0.00647. The third-order valence-electron chi connectivity index (χ3n) is 4.18. The molecule has 0 aliphatic rings. The number of sulfonamides is 1. The Kier molecular flexibility index (Phi) is 6.38. The van der Waals surface area contributed by atoms with Gasteiger partial charge in [-0.3, -0.25) is 9.10 Å². The zero-order valence-electron chi connectivity index (χ0n) is 15.8. The molecular formula is C21H17ClF2N2O3S. The highest BCUT2D eigenvalue weighted by Crippen LogP contribution is 2.25. The predicted octanol–water partition coefficient (Wildman–Crippen LogP) is 4.76. The first-order valence-electron chi connectivity index (χ1n) is 8.77. The molecule has 3 aromatic carbocycles. The number of anilines is 2. The Balaban J connectivity index is 1.94. The number of nitrogens with zero attached hydrogens (tertiary/aromatic N) is 1. The molecule has 0 aliphatic heterocycles. The van der Waals surface area contributed by atoms with Gasteiger partial charge in [0.2, 0.25) is 5.91 Å². The molecule has 0 saturated heterocycles. The first kappa shape index (κ1) is 21.7. The van der Waals surface area contributed by atoms with Crippen molar-refractivity contribution >= 4 is 38.9 Å². The topological polar surface area (TPSA) is 66.5 Å². The first-order valence-corrected chi connectivity index (χ1v) is 10.6. The lowest BCUT2D eigenvalue weighted by atomic mass is 10.2. The van der Waals surface area contributed by atoms with E-state index < -0.39 is 34.1 Å². The van der Waals surface area contributed by atoms with Crippen LogP contribution in [-0.2, 0) is 14.8 Å². The van der Waals surface area contributed by atoms with Crippen molar-refractivity contribution in [2.24, 2.45) is 0 Å². The SMILES string of the molecule is Cc1cccc(N(CC(=O)Nc2ccc(F)c(F)c2)S(=O)(=O)c2ccc(Cl)cc2)c1. The first-order chi connectivity index (χ1) is 14.2. The van der Waals surface area contributed by atoms with E-state index in [0.29, 0.717) is 5.02 Å². The van der Waals surface area contributed by atoms with Crippen LogP contribution in [0.2, 0.25) is 5.02 Å². The Bertz CT molecular complexity index is 1190. The molecule has 5 nitrogen and oxygen atoms in total. The number of carbonyl (C=O) groups excluding carboxylic acids is 1. The Morgan fingerprint density at radius 1 is 1.00 bits per heavy atom. The highest BCUT2D eigenvalue weighted by atomic mass is 35.5. The molecule has 1 amide bonds. The van der Waals surface area contributed by atoms with E-state index in [9.17, 15) is 22.0 Å². The molecule has 0 unspecified atom stereocenters. The number of amides is 1. The fraction of sp³-hybridized carbons (Fsp3) is 0.0952. The summed E-state index contributed by atoms with van der Waals surface area (Å²) in [5, 5.41) is 2.75. The van der Waals surface area contributed by atoms with Crippen LogP contribution in [0.4, 0.5) is 20.2 Å². The summed E-state index contributed by atoms with van der Waals surface area (Å²) in [4.78, 5) is 12.5. The summed E-state index contributed by atoms with van der Waals surface area (Å²) in [5.41, 5.74) is 1.09. The van der Waals surface area contributed by atoms with E-state index in [4.69, 9.17) is 11.6 Å². The molecular weight excluding hydrogens is 434 g/mol. The zero-order chi connectivity index (χ0) is 21.9. The number of benzene rings is 3. The average Bonchev–Trinajstić information content (AvgIpc) is 2.69. The van der Waals surface area contributed by atoms with E-state index in [1.807, 2.05) is 0 Å². The van der Waals surface area contributed by atoms with Crippen LogP contribution < -0.4 is 9.62 Å². The maximum absolute atomic E-state index is 13.4. The summed E-state index contributed by atoms with van der Waals surface area (Å²) in [7, 11) is -4.11. The van der Waals surface area contributed by atoms with Gasteiger partial charge >= 0.3 is 0 Å². The number of nitrogens with one attached hydrogen (secondary N) is 1. The van der Waals surface area contributed by atoms with Gasteiger partial charge in [0, 0.05) is 16.8 Å². The van der Waals surface area contributed by atoms with E-state index >= 15 is 0 Å². The third-order valence-corrected chi connectivity index (χ3v) is 6.22. The van der Waals surface area contributed by atoms with Crippen LogP contribution in [0.5, 0.6) is 0 Å². The molecule has 156 valence electrons. The van der Waals surface area contributed by atoms with Crippen molar-refractivity contribution in [2.45, 2.75) is 11.8 Å². The maximum Gasteiger partial charge on any atom is 0.264 e. The standard InChI is InChI=1S/C21H17ClF2N2O3S/c1-14-3-2-4-17(11-14)26(30(28,29)18-8-5-15(22)6-9-18)13-21(27)25-16-7-10-19(23)20(24)12-16/h2-12H,13H2,1H3,(H,25,27). The monoisotopic (exact) mass is 450 g/mol. The van der Waals surface area contributed by atoms with E-state index in [1.165, 1.54) is 30.3 Å². The van der Waals surface area contributed by atoms with Gasteiger partial charge in [0.05, 0.1) is 10.6 Å². The van der Waals surface area contributed by atoms with E-state index in [-0.39, 0.29) is 16.3 Å². The lowest BCUT2D eigenvalue weighted by Crippen LogP contribution is -2.38. The molecule has 0 atom stereocenters. The molecule has 3 aromatic rings. The third kappa shape index (κ3) is 4.95. The molecule has 0 spiro atoms. The van der Waals surface area contributed by atoms with Gasteiger partial charge in [0.1, 0.15) is 6.54 Å². The molecule has 1 N–H and O–H groups in total. The van der Waals surface area contributed by atoms with Crippen molar-refractivity contribution in [2.75, 3.05) is 16.2 Å². The Labute approximate surface area is 178 Å². The quantitative estimate of drug-likeness (QED) is 0.588. The normalized spacial score (nSPS) is 11.2. The molecule has 0 saturated carbocycles. The summed E-state index contributed by atoms with van der Waals surface area (Å²) >= 11 is 5.85. The molecule has 3 rings (SSSR count). The van der Waals surface area contributed by atoms with Gasteiger partial charge in [-0.2, -0.15) is 0 Å². The van der Waals surface area contributed by atoms with Gasteiger partial charge in [-0.05, 0) is 61.0 Å². The lowest BCUT2D eigenvalue weighted by molar-refractivity contribution is -0.114. The van der Waals surface area contributed by atoms with E-state index in [0.717, 1.165) is 22.0 Å². The van der Waals surface area contributed by atoms with E-state index in [1.54, 1.807) is 31.2 Å². The van der Waals surface area contributed by atoms with Gasteiger partial charge < -0.3 is 5.32 Å². The molecule has 0 fully saturated rings. The maximum atomic E-state index is 13.4. The fourth-order valence-electron chi connectivity index (χ4n) is 2.74. The zero-order valence-corrected chi connectivity index (χ0v) is 17.3. The number of aryl methyl sites for hydroxylation is 1. The minimum atomic E-state index is -4.11. The van der Waals surface area contributed by atoms with Gasteiger partial charge in [-0.15, -0.1) is 0 Å². The van der Waals surface area contributed by atoms with Crippen molar-refractivity contribution < 1.29 is 22.0 Å². The molecule has 0 bridgehead atoms. The van der Waals surface area contributed by atoms with Crippen molar-refractivity contribution in [1.82, 2.24) is 0 Å². The Morgan fingerprint density at radius 3 is 2.33 bits per heavy atom. The van der Waals surface area contributed by atoms with Gasteiger partial charge in [-0.25, -0.2) is 17.2 Å². The molecule has 30 heavy (non-hydrogen) atoms. The second-order valence-electron chi connectivity index (χ2n) is 6.48. The smallest absolute Gasteiger partial charge is 0.264 e. The van der Waals surface area contributed by atoms with Crippen LogP contribution in [0.3, 0.4) is 0 Å². The summed E-state index contributed by atoms with van der Waals surface area (Å²) in [6.07, 6.45) is 0. The number of carbonyl (C=O) groups is 1.